The number of benzene rings is 1. The van der Waals surface area contributed by atoms with Crippen LogP contribution >= 0.6 is 23.2 Å². The van der Waals surface area contributed by atoms with Crippen molar-refractivity contribution in [2.24, 2.45) is 0 Å². The number of halogens is 4. The maximum absolute atomic E-state index is 12.6. The van der Waals surface area contributed by atoms with Crippen LogP contribution in [-0.4, -0.2) is 11.7 Å². The van der Waals surface area contributed by atoms with E-state index < -0.39 is 11.7 Å². The van der Waals surface area contributed by atoms with E-state index in [1.165, 1.54) is 12.1 Å². The van der Waals surface area contributed by atoms with Gasteiger partial charge in [0.1, 0.15) is 0 Å². The summed E-state index contributed by atoms with van der Waals surface area (Å²) in [5.41, 5.74) is -0.146. The summed E-state index contributed by atoms with van der Waals surface area (Å²) < 4.78 is 25.2. The molecular formula is C9H6Cl2F2O. The molecule has 0 spiro atoms. The SMILES string of the molecule is CC(F)(F)C(=O)c1ccc(Cl)c(Cl)c1. The van der Waals surface area contributed by atoms with Crippen molar-refractivity contribution in [1.82, 2.24) is 0 Å². The highest BCUT2D eigenvalue weighted by Gasteiger charge is 2.33. The Labute approximate surface area is 89.6 Å². The number of ketones is 1. The van der Waals surface area contributed by atoms with Gasteiger partial charge in [0.25, 0.3) is 0 Å². The van der Waals surface area contributed by atoms with Gasteiger partial charge in [0.05, 0.1) is 10.0 Å². The molecule has 14 heavy (non-hydrogen) atoms. The van der Waals surface area contributed by atoms with Gasteiger partial charge < -0.3 is 0 Å². The lowest BCUT2D eigenvalue weighted by molar-refractivity contribution is 0.0221. The van der Waals surface area contributed by atoms with E-state index in [-0.39, 0.29) is 15.6 Å². The molecule has 0 bridgehead atoms. The van der Waals surface area contributed by atoms with Gasteiger partial charge in [0, 0.05) is 12.5 Å². The highest BCUT2D eigenvalue weighted by atomic mass is 35.5. The molecule has 0 aliphatic rings. The summed E-state index contributed by atoms with van der Waals surface area (Å²) in [6.45, 7) is 0.540. The summed E-state index contributed by atoms with van der Waals surface area (Å²) in [4.78, 5) is 11.1. The first-order valence-electron chi connectivity index (χ1n) is 3.70. The molecule has 0 radical (unpaired) electrons. The molecule has 0 saturated carbocycles. The lowest BCUT2D eigenvalue weighted by Crippen LogP contribution is -2.24. The summed E-state index contributed by atoms with van der Waals surface area (Å²) in [6, 6.07) is 3.65. The molecule has 0 atom stereocenters. The number of alkyl halides is 2. The first kappa shape index (κ1) is 11.4. The van der Waals surface area contributed by atoms with Crippen LogP contribution in [0.2, 0.25) is 10.0 Å². The Morgan fingerprint density at radius 2 is 1.86 bits per heavy atom. The summed E-state index contributed by atoms with van der Waals surface area (Å²) in [7, 11) is 0. The fraction of sp³-hybridized carbons (Fsp3) is 0.222. The van der Waals surface area contributed by atoms with Gasteiger partial charge in [0.2, 0.25) is 5.78 Å². The minimum absolute atomic E-state index is 0.0850. The molecule has 0 aliphatic carbocycles. The van der Waals surface area contributed by atoms with Gasteiger partial charge in [-0.2, -0.15) is 8.78 Å². The zero-order valence-corrected chi connectivity index (χ0v) is 8.66. The van der Waals surface area contributed by atoms with Gasteiger partial charge in [-0.1, -0.05) is 23.2 Å². The zero-order chi connectivity index (χ0) is 10.9. The van der Waals surface area contributed by atoms with E-state index in [1.807, 2.05) is 0 Å². The largest absolute Gasteiger partial charge is 0.307 e. The molecule has 1 nitrogen and oxygen atoms in total. The Kier molecular flexibility index (Phi) is 3.12. The van der Waals surface area contributed by atoms with E-state index in [9.17, 15) is 13.6 Å². The van der Waals surface area contributed by atoms with Gasteiger partial charge >= 0.3 is 5.92 Å². The van der Waals surface area contributed by atoms with Crippen LogP contribution in [0.5, 0.6) is 0 Å². The standard InChI is InChI=1S/C9H6Cl2F2O/c1-9(12,13)8(14)5-2-3-6(10)7(11)4-5/h2-4H,1H3. The summed E-state index contributed by atoms with van der Waals surface area (Å²) in [5, 5.41) is 0.310. The minimum Gasteiger partial charge on any atom is -0.287 e. The number of carbonyl (C=O) groups excluding carboxylic acids is 1. The Hall–Kier alpha value is -0.670. The normalized spacial score (nSPS) is 11.5. The number of carbonyl (C=O) groups is 1. The lowest BCUT2D eigenvalue weighted by atomic mass is 10.1. The second-order valence-electron chi connectivity index (χ2n) is 2.85. The predicted molar refractivity (Wildman–Crippen MR) is 51.4 cm³/mol. The second kappa shape index (κ2) is 3.83. The first-order chi connectivity index (χ1) is 6.32. The molecule has 1 aromatic rings. The quantitative estimate of drug-likeness (QED) is 0.716. The van der Waals surface area contributed by atoms with Crippen LogP contribution in [0.3, 0.4) is 0 Å². The third kappa shape index (κ3) is 2.42. The van der Waals surface area contributed by atoms with Gasteiger partial charge in [-0.3, -0.25) is 4.79 Å². The van der Waals surface area contributed by atoms with E-state index in [0.717, 1.165) is 6.07 Å². The van der Waals surface area contributed by atoms with Crippen molar-refractivity contribution >= 4 is 29.0 Å². The molecule has 0 aliphatic heterocycles. The summed E-state index contributed by atoms with van der Waals surface area (Å²) in [6.07, 6.45) is 0. The molecule has 5 heteroatoms. The lowest BCUT2D eigenvalue weighted by Gasteiger charge is -2.08. The van der Waals surface area contributed by atoms with Crippen LogP contribution in [-0.2, 0) is 0 Å². The molecular weight excluding hydrogens is 233 g/mol. The van der Waals surface area contributed by atoms with Crippen molar-refractivity contribution < 1.29 is 13.6 Å². The van der Waals surface area contributed by atoms with E-state index in [4.69, 9.17) is 23.2 Å². The number of hydrogen-bond donors (Lipinski definition) is 0. The third-order valence-electron chi connectivity index (χ3n) is 1.58. The average Bonchev–Trinajstić information content (AvgIpc) is 2.07. The average molecular weight is 239 g/mol. The van der Waals surface area contributed by atoms with E-state index in [0.29, 0.717) is 6.92 Å². The predicted octanol–water partition coefficient (Wildman–Crippen LogP) is 3.83. The Bertz CT molecular complexity index is 372. The molecule has 0 N–H and O–H groups in total. The molecule has 76 valence electrons. The second-order valence-corrected chi connectivity index (χ2v) is 3.66. The van der Waals surface area contributed by atoms with Gasteiger partial charge in [0.15, 0.2) is 0 Å². The Morgan fingerprint density at radius 1 is 1.29 bits per heavy atom. The third-order valence-corrected chi connectivity index (χ3v) is 2.32. The van der Waals surface area contributed by atoms with Gasteiger partial charge in [-0.25, -0.2) is 0 Å². The number of rotatable bonds is 2. The smallest absolute Gasteiger partial charge is 0.287 e. The van der Waals surface area contributed by atoms with Crippen molar-refractivity contribution in [3.8, 4) is 0 Å². The molecule has 0 fully saturated rings. The molecule has 0 amide bonds. The van der Waals surface area contributed by atoms with E-state index in [1.54, 1.807) is 0 Å². The van der Waals surface area contributed by atoms with Crippen molar-refractivity contribution in [3.63, 3.8) is 0 Å². The maximum atomic E-state index is 12.6. The summed E-state index contributed by atoms with van der Waals surface area (Å²) >= 11 is 11.1. The number of hydrogen-bond acceptors (Lipinski definition) is 1. The molecule has 1 rings (SSSR count). The molecule has 0 aromatic heterocycles. The fourth-order valence-corrected chi connectivity index (χ4v) is 1.19. The molecule has 0 unspecified atom stereocenters. The topological polar surface area (TPSA) is 17.1 Å². The van der Waals surface area contributed by atoms with Crippen molar-refractivity contribution in [3.05, 3.63) is 33.8 Å². The van der Waals surface area contributed by atoms with Crippen molar-refractivity contribution in [2.75, 3.05) is 0 Å². The Morgan fingerprint density at radius 3 is 2.29 bits per heavy atom. The van der Waals surface area contributed by atoms with Crippen molar-refractivity contribution in [1.29, 1.82) is 0 Å². The van der Waals surface area contributed by atoms with E-state index >= 15 is 0 Å². The van der Waals surface area contributed by atoms with Crippen LogP contribution in [0.25, 0.3) is 0 Å². The fourth-order valence-electron chi connectivity index (χ4n) is 0.891. The van der Waals surface area contributed by atoms with Crippen LogP contribution in [0.15, 0.2) is 18.2 Å². The first-order valence-corrected chi connectivity index (χ1v) is 4.45. The summed E-state index contributed by atoms with van der Waals surface area (Å²) in [5.74, 6) is -4.66. The van der Waals surface area contributed by atoms with Gasteiger partial charge in [-0.15, -0.1) is 0 Å². The highest BCUT2D eigenvalue weighted by molar-refractivity contribution is 6.42. The van der Waals surface area contributed by atoms with Crippen molar-refractivity contribution in [2.45, 2.75) is 12.8 Å². The zero-order valence-electron chi connectivity index (χ0n) is 7.15. The van der Waals surface area contributed by atoms with Crippen LogP contribution in [0.1, 0.15) is 17.3 Å². The van der Waals surface area contributed by atoms with Crippen LogP contribution in [0.4, 0.5) is 8.78 Å². The van der Waals surface area contributed by atoms with Crippen LogP contribution < -0.4 is 0 Å². The molecule has 1 aromatic carbocycles. The number of Topliss-reactive ketones (excluding diaryl/α,β-unsaturated/α-hetero) is 1. The Balaban J connectivity index is 3.10. The minimum atomic E-state index is -3.39. The maximum Gasteiger partial charge on any atom is 0.307 e. The monoisotopic (exact) mass is 238 g/mol. The van der Waals surface area contributed by atoms with Gasteiger partial charge in [-0.05, 0) is 18.2 Å². The molecule has 0 saturated heterocycles. The van der Waals surface area contributed by atoms with Crippen LogP contribution in [0, 0.1) is 0 Å². The molecule has 0 heterocycles. The van der Waals surface area contributed by atoms with E-state index in [2.05, 4.69) is 0 Å². The highest BCUT2D eigenvalue weighted by Crippen LogP contribution is 2.26.